The number of ether oxygens (including phenoxy) is 1. The zero-order valence-electron chi connectivity index (χ0n) is 14.7. The van der Waals surface area contributed by atoms with Gasteiger partial charge in [-0.2, -0.15) is 10.2 Å². The van der Waals surface area contributed by atoms with E-state index in [-0.39, 0.29) is 0 Å². The van der Waals surface area contributed by atoms with E-state index >= 15 is 0 Å². The van der Waals surface area contributed by atoms with Gasteiger partial charge in [0, 0.05) is 49.6 Å². The maximum Gasteiger partial charge on any atom is 0.211 e. The van der Waals surface area contributed by atoms with Crippen LogP contribution in [0.3, 0.4) is 0 Å². The van der Waals surface area contributed by atoms with Crippen molar-refractivity contribution < 1.29 is 4.74 Å². The molecule has 130 valence electrons. The van der Waals surface area contributed by atoms with Gasteiger partial charge in [-0.05, 0) is 37.0 Å². The van der Waals surface area contributed by atoms with Crippen molar-refractivity contribution in [1.29, 1.82) is 0 Å². The number of rotatable bonds is 7. The second kappa shape index (κ2) is 6.70. The minimum atomic E-state index is 0.535. The normalized spacial score (nSPS) is 19.1. The zero-order chi connectivity index (χ0) is 17.2. The summed E-state index contributed by atoms with van der Waals surface area (Å²) >= 11 is 0. The lowest BCUT2D eigenvalue weighted by molar-refractivity contribution is 0.266. The molecule has 0 aliphatic heterocycles. The van der Waals surface area contributed by atoms with Gasteiger partial charge in [0.1, 0.15) is 0 Å². The van der Waals surface area contributed by atoms with Crippen molar-refractivity contribution in [3.8, 4) is 5.88 Å². The molecule has 25 heavy (non-hydrogen) atoms. The molecule has 0 saturated heterocycles. The summed E-state index contributed by atoms with van der Waals surface area (Å²) in [6.45, 7) is 3.58. The molecule has 0 radical (unpaired) electrons. The van der Waals surface area contributed by atoms with Gasteiger partial charge in [-0.3, -0.25) is 9.67 Å². The molecule has 6 heteroatoms. The largest absolute Gasteiger partial charge is 0.478 e. The Morgan fingerprint density at radius 2 is 2.12 bits per heavy atom. The van der Waals surface area contributed by atoms with Crippen LogP contribution in [-0.4, -0.2) is 31.2 Å². The Morgan fingerprint density at radius 3 is 2.88 bits per heavy atom. The fourth-order valence-electron chi connectivity index (χ4n) is 3.13. The van der Waals surface area contributed by atoms with E-state index in [1.54, 1.807) is 6.20 Å². The highest BCUT2D eigenvalue weighted by molar-refractivity contribution is 5.21. The number of pyridine rings is 1. The Bertz CT molecular complexity index is 836. The third kappa shape index (κ3) is 3.73. The van der Waals surface area contributed by atoms with Gasteiger partial charge in [0.05, 0.1) is 19.0 Å². The van der Waals surface area contributed by atoms with Crippen molar-refractivity contribution in [3.63, 3.8) is 0 Å². The number of aromatic nitrogens is 5. The van der Waals surface area contributed by atoms with E-state index in [1.807, 2.05) is 41.1 Å². The third-order valence-corrected chi connectivity index (χ3v) is 4.73. The summed E-state index contributed by atoms with van der Waals surface area (Å²) < 4.78 is 9.77. The molecule has 0 aromatic carbocycles. The highest BCUT2D eigenvalue weighted by Gasteiger charge is 2.40. The molecule has 0 unspecified atom stereocenters. The molecule has 0 N–H and O–H groups in total. The third-order valence-electron chi connectivity index (χ3n) is 4.73. The molecule has 3 aromatic rings. The molecule has 0 spiro atoms. The van der Waals surface area contributed by atoms with Crippen molar-refractivity contribution in [2.45, 2.75) is 32.2 Å². The highest BCUT2D eigenvalue weighted by Crippen LogP contribution is 2.46. The summed E-state index contributed by atoms with van der Waals surface area (Å²) in [4.78, 5) is 4.54. The fourth-order valence-corrected chi connectivity index (χ4v) is 3.13. The van der Waals surface area contributed by atoms with E-state index in [1.165, 1.54) is 16.8 Å². The van der Waals surface area contributed by atoms with Crippen LogP contribution < -0.4 is 4.74 Å². The summed E-state index contributed by atoms with van der Waals surface area (Å²) in [6.07, 6.45) is 9.72. The van der Waals surface area contributed by atoms with Crippen LogP contribution in [0.1, 0.15) is 29.2 Å². The lowest BCUT2D eigenvalue weighted by Crippen LogP contribution is -2.09. The molecule has 1 aliphatic rings. The predicted molar refractivity (Wildman–Crippen MR) is 94.5 cm³/mol. The maximum absolute atomic E-state index is 6.02. The summed E-state index contributed by atoms with van der Waals surface area (Å²) in [5.74, 6) is 1.93. The quantitative estimate of drug-likeness (QED) is 0.665. The summed E-state index contributed by atoms with van der Waals surface area (Å²) in [7, 11) is 1.93. The second-order valence-electron chi connectivity index (χ2n) is 6.84. The van der Waals surface area contributed by atoms with Gasteiger partial charge in [-0.15, -0.1) is 0 Å². The van der Waals surface area contributed by atoms with Gasteiger partial charge in [-0.25, -0.2) is 4.68 Å². The summed E-state index contributed by atoms with van der Waals surface area (Å²) in [5, 5.41) is 8.57. The number of nitrogens with zero attached hydrogens (tertiary/aromatic N) is 5. The fraction of sp³-hybridized carbons (Fsp3) is 0.421. The van der Waals surface area contributed by atoms with Crippen molar-refractivity contribution >= 4 is 0 Å². The predicted octanol–water partition coefficient (Wildman–Crippen LogP) is 2.75. The Morgan fingerprint density at radius 1 is 1.20 bits per heavy atom. The number of hydrogen-bond acceptors (Lipinski definition) is 4. The molecule has 6 nitrogen and oxygen atoms in total. The summed E-state index contributed by atoms with van der Waals surface area (Å²) in [5.41, 5.74) is 3.59. The van der Waals surface area contributed by atoms with Crippen LogP contribution in [0.2, 0.25) is 0 Å². The number of hydrogen-bond donors (Lipinski definition) is 0. The van der Waals surface area contributed by atoms with E-state index in [0.29, 0.717) is 11.8 Å². The van der Waals surface area contributed by atoms with Gasteiger partial charge in [-0.1, -0.05) is 6.07 Å². The lowest BCUT2D eigenvalue weighted by atomic mass is 10.2. The molecule has 4 rings (SSSR count). The first-order valence-corrected chi connectivity index (χ1v) is 8.74. The first kappa shape index (κ1) is 15.9. The van der Waals surface area contributed by atoms with Gasteiger partial charge in [0.15, 0.2) is 0 Å². The maximum atomic E-state index is 6.02. The molecule has 0 bridgehead atoms. The minimum absolute atomic E-state index is 0.535. The van der Waals surface area contributed by atoms with E-state index in [2.05, 4.69) is 34.2 Å². The zero-order valence-corrected chi connectivity index (χ0v) is 14.7. The molecule has 3 aromatic heterocycles. The van der Waals surface area contributed by atoms with E-state index in [9.17, 15) is 0 Å². The number of aryl methyl sites for hydroxylation is 4. The topological polar surface area (TPSA) is 57.8 Å². The lowest BCUT2D eigenvalue weighted by Gasteiger charge is -2.09. The Labute approximate surface area is 147 Å². The highest BCUT2D eigenvalue weighted by atomic mass is 16.5. The van der Waals surface area contributed by atoms with Gasteiger partial charge in [0.2, 0.25) is 5.88 Å². The Balaban J connectivity index is 1.29. The minimum Gasteiger partial charge on any atom is -0.478 e. The van der Waals surface area contributed by atoms with Gasteiger partial charge in [0.25, 0.3) is 0 Å². The molecule has 0 amide bonds. The first-order chi connectivity index (χ1) is 12.2. The van der Waals surface area contributed by atoms with E-state index < -0.39 is 0 Å². The van der Waals surface area contributed by atoms with Crippen molar-refractivity contribution in [3.05, 3.63) is 59.8 Å². The average Bonchev–Trinajstić information content (AvgIpc) is 3.03. The van der Waals surface area contributed by atoms with Crippen LogP contribution in [0, 0.1) is 12.8 Å². The summed E-state index contributed by atoms with van der Waals surface area (Å²) in [6, 6.07) is 6.20. The molecular formula is C19H23N5O. The van der Waals surface area contributed by atoms with E-state index in [4.69, 9.17) is 4.74 Å². The molecule has 3 heterocycles. The van der Waals surface area contributed by atoms with Crippen LogP contribution in [0.15, 0.2) is 43.0 Å². The van der Waals surface area contributed by atoms with Crippen molar-refractivity contribution in [2.75, 3.05) is 6.61 Å². The molecule has 1 fully saturated rings. The van der Waals surface area contributed by atoms with Crippen LogP contribution in [-0.2, 0) is 20.0 Å². The average molecular weight is 337 g/mol. The van der Waals surface area contributed by atoms with Crippen LogP contribution in [0.4, 0.5) is 0 Å². The smallest absolute Gasteiger partial charge is 0.211 e. The monoisotopic (exact) mass is 337 g/mol. The second-order valence-corrected chi connectivity index (χ2v) is 6.84. The molecule has 1 saturated carbocycles. The SMILES string of the molecule is Cc1ccc([C@H]2C[C@@H]2COc2ccnn2CCc2cnn(C)c2)nc1. The van der Waals surface area contributed by atoms with Crippen LogP contribution in [0.25, 0.3) is 0 Å². The van der Waals surface area contributed by atoms with Crippen molar-refractivity contribution in [1.82, 2.24) is 24.5 Å². The van der Waals surface area contributed by atoms with Crippen LogP contribution in [0.5, 0.6) is 5.88 Å². The first-order valence-electron chi connectivity index (χ1n) is 8.74. The molecule has 2 atom stereocenters. The Hall–Kier alpha value is -2.63. The van der Waals surface area contributed by atoms with Crippen molar-refractivity contribution in [2.24, 2.45) is 13.0 Å². The molecule has 1 aliphatic carbocycles. The van der Waals surface area contributed by atoms with Gasteiger partial charge >= 0.3 is 0 Å². The Kier molecular flexibility index (Phi) is 4.26. The molecular weight excluding hydrogens is 314 g/mol. The standard InChI is InChI=1S/C19H23N5O/c1-14-3-4-18(20-10-14)17-9-16(17)13-25-19-5-7-21-24(19)8-6-15-11-22-23(2)12-15/h3-5,7,10-12,16-17H,6,8-9,13H2,1-2H3/t16-,17+/m1/s1. The van der Waals surface area contributed by atoms with Gasteiger partial charge < -0.3 is 4.74 Å². The van der Waals surface area contributed by atoms with Crippen LogP contribution >= 0.6 is 0 Å². The van der Waals surface area contributed by atoms with E-state index in [0.717, 1.165) is 31.9 Å².